The summed E-state index contributed by atoms with van der Waals surface area (Å²) in [5, 5.41) is 9.43. The smallest absolute Gasteiger partial charge is 0.219 e. The number of hydrogen-bond acceptors (Lipinski definition) is 3. The largest absolute Gasteiger partial charge is 0.508 e. The number of nitrogens with zero attached hydrogens (tertiary/aromatic N) is 2. The van der Waals surface area contributed by atoms with E-state index in [1.54, 1.807) is 19.1 Å². The van der Waals surface area contributed by atoms with E-state index < -0.39 is 0 Å². The summed E-state index contributed by atoms with van der Waals surface area (Å²) in [6.07, 6.45) is 0.991. The Balaban J connectivity index is 1.48. The highest BCUT2D eigenvalue weighted by molar-refractivity contribution is 5.74. The van der Waals surface area contributed by atoms with E-state index in [0.29, 0.717) is 17.6 Å². The van der Waals surface area contributed by atoms with Crippen molar-refractivity contribution in [3.63, 3.8) is 0 Å². The first-order valence-corrected chi connectivity index (χ1v) is 9.86. The first-order chi connectivity index (χ1) is 13.0. The van der Waals surface area contributed by atoms with E-state index in [0.717, 1.165) is 32.6 Å². The molecule has 2 aromatic carbocycles. The van der Waals surface area contributed by atoms with Crippen LogP contribution in [0, 0.1) is 18.8 Å². The van der Waals surface area contributed by atoms with Crippen LogP contribution in [0.5, 0.6) is 5.75 Å². The van der Waals surface area contributed by atoms with Gasteiger partial charge in [0.15, 0.2) is 0 Å². The number of rotatable bonds is 4. The Morgan fingerprint density at radius 1 is 1.07 bits per heavy atom. The van der Waals surface area contributed by atoms with E-state index in [2.05, 4.69) is 41.0 Å². The molecule has 2 heterocycles. The fourth-order valence-corrected chi connectivity index (χ4v) is 4.91. The first kappa shape index (κ1) is 18.1. The Morgan fingerprint density at radius 2 is 1.81 bits per heavy atom. The van der Waals surface area contributed by atoms with E-state index in [1.807, 2.05) is 12.1 Å². The number of likely N-dealkylation sites (tertiary alicyclic amines) is 2. The summed E-state index contributed by atoms with van der Waals surface area (Å²) in [5.41, 5.74) is 3.84. The van der Waals surface area contributed by atoms with Crippen molar-refractivity contribution in [3.05, 3.63) is 65.2 Å². The third-order valence-electron chi connectivity index (χ3n) is 6.30. The lowest BCUT2D eigenvalue weighted by Gasteiger charge is -2.30. The molecule has 2 saturated heterocycles. The average Bonchev–Trinajstić information content (AvgIpc) is 3.19. The zero-order valence-electron chi connectivity index (χ0n) is 16.1. The van der Waals surface area contributed by atoms with Crippen LogP contribution in [0.15, 0.2) is 48.5 Å². The third-order valence-corrected chi connectivity index (χ3v) is 6.30. The second-order valence-corrected chi connectivity index (χ2v) is 8.07. The second-order valence-electron chi connectivity index (χ2n) is 8.07. The third kappa shape index (κ3) is 3.59. The molecule has 27 heavy (non-hydrogen) atoms. The lowest BCUT2D eigenvalue weighted by atomic mass is 9.87. The molecule has 0 radical (unpaired) electrons. The van der Waals surface area contributed by atoms with Crippen molar-refractivity contribution < 1.29 is 9.90 Å². The number of carbonyl (C=O) groups is 1. The Hall–Kier alpha value is -2.33. The van der Waals surface area contributed by atoms with Crippen LogP contribution >= 0.6 is 0 Å². The van der Waals surface area contributed by atoms with Crippen molar-refractivity contribution in [1.82, 2.24) is 9.80 Å². The van der Waals surface area contributed by atoms with E-state index in [4.69, 9.17) is 0 Å². The van der Waals surface area contributed by atoms with Crippen LogP contribution in [0.2, 0.25) is 0 Å². The quantitative estimate of drug-likeness (QED) is 0.904. The maximum atomic E-state index is 12.3. The minimum atomic E-state index is 0.188. The highest BCUT2D eigenvalue weighted by Crippen LogP contribution is 2.45. The van der Waals surface area contributed by atoms with Gasteiger partial charge in [0.2, 0.25) is 5.91 Å². The van der Waals surface area contributed by atoms with Crippen LogP contribution in [0.3, 0.4) is 0 Å². The second kappa shape index (κ2) is 7.35. The molecular weight excluding hydrogens is 336 g/mol. The van der Waals surface area contributed by atoms with Crippen LogP contribution in [0.4, 0.5) is 0 Å². The molecule has 0 unspecified atom stereocenters. The number of phenols is 1. The van der Waals surface area contributed by atoms with Gasteiger partial charge in [-0.25, -0.2) is 0 Å². The van der Waals surface area contributed by atoms with Crippen LogP contribution in [0.1, 0.15) is 29.7 Å². The molecule has 0 spiro atoms. The molecule has 3 atom stereocenters. The number of amides is 1. The summed E-state index contributed by atoms with van der Waals surface area (Å²) in [6.45, 7) is 7.86. The minimum absolute atomic E-state index is 0.188. The topological polar surface area (TPSA) is 43.8 Å². The SMILES string of the molecule is CC(=O)N1C[C@H]2CN(CCc3ccc(O)cc3)C[C@H]2[C@@H]1c1ccccc1C. The fraction of sp³-hybridized carbons (Fsp3) is 0.435. The van der Waals surface area contributed by atoms with Crippen LogP contribution in [-0.4, -0.2) is 47.0 Å². The number of hydrogen-bond donors (Lipinski definition) is 1. The Labute approximate surface area is 161 Å². The van der Waals surface area contributed by atoms with Crippen LogP contribution in [-0.2, 0) is 11.2 Å². The molecule has 1 amide bonds. The van der Waals surface area contributed by atoms with E-state index in [-0.39, 0.29) is 11.9 Å². The molecule has 0 bridgehead atoms. The van der Waals surface area contributed by atoms with Gasteiger partial charge in [0.25, 0.3) is 0 Å². The minimum Gasteiger partial charge on any atom is -0.508 e. The number of benzene rings is 2. The number of phenolic OH excluding ortho intramolecular Hbond substituents is 1. The monoisotopic (exact) mass is 364 g/mol. The normalized spacial score (nSPS) is 25.0. The van der Waals surface area contributed by atoms with Gasteiger partial charge in [0, 0.05) is 39.0 Å². The van der Waals surface area contributed by atoms with Gasteiger partial charge < -0.3 is 14.9 Å². The van der Waals surface area contributed by atoms with Crippen molar-refractivity contribution in [2.75, 3.05) is 26.2 Å². The number of carbonyl (C=O) groups excluding carboxylic acids is 1. The molecule has 2 fully saturated rings. The summed E-state index contributed by atoms with van der Waals surface area (Å²) in [4.78, 5) is 16.9. The fourth-order valence-electron chi connectivity index (χ4n) is 4.91. The van der Waals surface area contributed by atoms with Crippen molar-refractivity contribution >= 4 is 5.91 Å². The van der Waals surface area contributed by atoms with Gasteiger partial charge in [-0.15, -0.1) is 0 Å². The van der Waals surface area contributed by atoms with Gasteiger partial charge >= 0.3 is 0 Å². The predicted octanol–water partition coefficient (Wildman–Crippen LogP) is 3.39. The molecule has 4 heteroatoms. The van der Waals surface area contributed by atoms with Gasteiger partial charge in [-0.1, -0.05) is 36.4 Å². The van der Waals surface area contributed by atoms with E-state index >= 15 is 0 Å². The van der Waals surface area contributed by atoms with Gasteiger partial charge in [0.05, 0.1) is 6.04 Å². The lowest BCUT2D eigenvalue weighted by Crippen LogP contribution is -2.35. The van der Waals surface area contributed by atoms with Gasteiger partial charge in [-0.3, -0.25) is 4.79 Å². The summed E-state index contributed by atoms with van der Waals surface area (Å²) in [6, 6.07) is 16.2. The number of fused-ring (bicyclic) bond motifs is 1. The standard InChI is InChI=1S/C23H28N2O2/c1-16-5-3-4-6-21(16)23-22-15-24(13-19(22)14-25(23)17(2)26)12-11-18-7-9-20(27)10-8-18/h3-10,19,22-23,27H,11-15H2,1-2H3/t19-,22-,23+/m1/s1. The van der Waals surface area contributed by atoms with Crippen LogP contribution in [0.25, 0.3) is 0 Å². The highest BCUT2D eigenvalue weighted by atomic mass is 16.3. The van der Waals surface area contributed by atoms with Crippen molar-refractivity contribution in [1.29, 1.82) is 0 Å². The molecule has 4 rings (SSSR count). The molecule has 0 aliphatic carbocycles. The molecule has 2 aliphatic rings. The summed E-state index contributed by atoms with van der Waals surface area (Å²) in [5.74, 6) is 1.57. The van der Waals surface area contributed by atoms with Crippen molar-refractivity contribution in [2.45, 2.75) is 26.3 Å². The Morgan fingerprint density at radius 3 is 2.52 bits per heavy atom. The summed E-state index contributed by atoms with van der Waals surface area (Å²) < 4.78 is 0. The van der Waals surface area contributed by atoms with Crippen molar-refractivity contribution in [2.24, 2.45) is 11.8 Å². The predicted molar refractivity (Wildman–Crippen MR) is 107 cm³/mol. The molecule has 2 aromatic rings. The van der Waals surface area contributed by atoms with Crippen LogP contribution < -0.4 is 0 Å². The summed E-state index contributed by atoms with van der Waals surface area (Å²) >= 11 is 0. The Kier molecular flexibility index (Phi) is 4.92. The Bertz CT molecular complexity index is 817. The lowest BCUT2D eigenvalue weighted by molar-refractivity contribution is -0.130. The van der Waals surface area contributed by atoms with Crippen molar-refractivity contribution in [3.8, 4) is 5.75 Å². The number of aromatic hydroxyl groups is 1. The summed E-state index contributed by atoms with van der Waals surface area (Å²) in [7, 11) is 0. The molecule has 142 valence electrons. The van der Waals surface area contributed by atoms with Gasteiger partial charge in [-0.05, 0) is 48.1 Å². The molecule has 0 saturated carbocycles. The van der Waals surface area contributed by atoms with Gasteiger partial charge in [-0.2, -0.15) is 0 Å². The first-order valence-electron chi connectivity index (χ1n) is 9.86. The molecule has 0 aromatic heterocycles. The highest BCUT2D eigenvalue weighted by Gasteiger charge is 2.48. The zero-order chi connectivity index (χ0) is 19.0. The molecule has 4 nitrogen and oxygen atoms in total. The number of aryl methyl sites for hydroxylation is 1. The maximum Gasteiger partial charge on any atom is 0.219 e. The average molecular weight is 364 g/mol. The van der Waals surface area contributed by atoms with E-state index in [9.17, 15) is 9.90 Å². The van der Waals surface area contributed by atoms with Gasteiger partial charge in [0.1, 0.15) is 5.75 Å². The molecule has 2 aliphatic heterocycles. The molecule has 1 N–H and O–H groups in total. The molecular formula is C23H28N2O2. The maximum absolute atomic E-state index is 12.3. The van der Waals surface area contributed by atoms with E-state index in [1.165, 1.54) is 16.7 Å². The zero-order valence-corrected chi connectivity index (χ0v) is 16.1.